The molecule has 2 aromatic rings. The largest absolute Gasteiger partial charge is 0.444 e. The summed E-state index contributed by atoms with van der Waals surface area (Å²) in [5.74, 6) is 0. The minimum atomic E-state index is -0.497. The SMILES string of the molecule is CC(C)(C)OC(=O)Nc1cscc1-c1ccc(I)cc1. The normalized spacial score (nSPS) is 11.2. The van der Waals surface area contributed by atoms with E-state index < -0.39 is 11.7 Å². The van der Waals surface area contributed by atoms with Gasteiger partial charge in [0.25, 0.3) is 0 Å². The van der Waals surface area contributed by atoms with Crippen molar-refractivity contribution < 1.29 is 9.53 Å². The number of amides is 1. The molecule has 0 spiro atoms. The third-order valence-corrected chi connectivity index (χ3v) is 3.92. The van der Waals surface area contributed by atoms with Crippen molar-refractivity contribution >= 4 is 45.7 Å². The number of carbonyl (C=O) groups excluding carboxylic acids is 1. The molecule has 0 aliphatic carbocycles. The van der Waals surface area contributed by atoms with Crippen LogP contribution in [0.15, 0.2) is 35.0 Å². The van der Waals surface area contributed by atoms with Gasteiger partial charge in [-0.05, 0) is 61.1 Å². The van der Waals surface area contributed by atoms with Crippen molar-refractivity contribution in [3.05, 3.63) is 38.6 Å². The molecule has 5 heteroatoms. The maximum atomic E-state index is 11.8. The van der Waals surface area contributed by atoms with Gasteiger partial charge in [-0.3, -0.25) is 5.32 Å². The summed E-state index contributed by atoms with van der Waals surface area (Å²) in [4.78, 5) is 11.8. The number of carbonyl (C=O) groups is 1. The summed E-state index contributed by atoms with van der Waals surface area (Å²) in [7, 11) is 0. The smallest absolute Gasteiger partial charge is 0.412 e. The van der Waals surface area contributed by atoms with Crippen LogP contribution >= 0.6 is 33.9 Å². The zero-order chi connectivity index (χ0) is 14.8. The molecule has 1 aromatic heterocycles. The number of nitrogens with one attached hydrogen (secondary N) is 1. The number of benzene rings is 1. The summed E-state index contributed by atoms with van der Waals surface area (Å²) < 4.78 is 6.46. The van der Waals surface area contributed by atoms with Crippen molar-refractivity contribution in [2.45, 2.75) is 26.4 Å². The first kappa shape index (κ1) is 15.3. The minimum Gasteiger partial charge on any atom is -0.444 e. The maximum Gasteiger partial charge on any atom is 0.412 e. The average Bonchev–Trinajstić information content (AvgIpc) is 2.75. The van der Waals surface area contributed by atoms with Crippen LogP contribution in [0.5, 0.6) is 0 Å². The third-order valence-electron chi connectivity index (χ3n) is 2.45. The fraction of sp³-hybridized carbons (Fsp3) is 0.267. The summed E-state index contributed by atoms with van der Waals surface area (Å²) in [5.41, 5.74) is 2.38. The molecule has 0 saturated heterocycles. The minimum absolute atomic E-state index is 0.428. The van der Waals surface area contributed by atoms with E-state index in [0.717, 1.165) is 16.8 Å². The zero-order valence-electron chi connectivity index (χ0n) is 11.6. The molecule has 0 fully saturated rings. The molecule has 2 rings (SSSR count). The Morgan fingerprint density at radius 1 is 1.20 bits per heavy atom. The lowest BCUT2D eigenvalue weighted by Gasteiger charge is -2.19. The van der Waals surface area contributed by atoms with E-state index >= 15 is 0 Å². The number of halogens is 1. The number of ether oxygens (including phenoxy) is 1. The van der Waals surface area contributed by atoms with Gasteiger partial charge in [0.05, 0.1) is 5.69 Å². The van der Waals surface area contributed by atoms with Crippen LogP contribution < -0.4 is 5.32 Å². The second-order valence-electron chi connectivity index (χ2n) is 5.33. The van der Waals surface area contributed by atoms with E-state index in [4.69, 9.17) is 4.74 Å². The number of thiophene rings is 1. The quantitative estimate of drug-likeness (QED) is 0.688. The van der Waals surface area contributed by atoms with E-state index in [-0.39, 0.29) is 0 Å². The van der Waals surface area contributed by atoms with Crippen molar-refractivity contribution in [1.29, 1.82) is 0 Å². The van der Waals surface area contributed by atoms with E-state index in [1.165, 1.54) is 3.57 Å². The van der Waals surface area contributed by atoms with Gasteiger partial charge in [0.15, 0.2) is 0 Å². The lowest BCUT2D eigenvalue weighted by atomic mass is 10.1. The first-order valence-corrected chi connectivity index (χ1v) is 8.19. The van der Waals surface area contributed by atoms with Crippen molar-refractivity contribution in [3.63, 3.8) is 0 Å². The molecule has 106 valence electrons. The molecule has 0 aliphatic rings. The fourth-order valence-electron chi connectivity index (χ4n) is 1.66. The molecule has 1 N–H and O–H groups in total. The highest BCUT2D eigenvalue weighted by molar-refractivity contribution is 14.1. The van der Waals surface area contributed by atoms with E-state index in [2.05, 4.69) is 27.9 Å². The highest BCUT2D eigenvalue weighted by Crippen LogP contribution is 2.32. The van der Waals surface area contributed by atoms with Crippen LogP contribution in [0.1, 0.15) is 20.8 Å². The Balaban J connectivity index is 2.17. The van der Waals surface area contributed by atoms with Gasteiger partial charge in [0.2, 0.25) is 0 Å². The van der Waals surface area contributed by atoms with E-state index in [1.54, 1.807) is 11.3 Å². The molecular formula is C15H16INO2S. The monoisotopic (exact) mass is 401 g/mol. The number of anilines is 1. The van der Waals surface area contributed by atoms with Gasteiger partial charge < -0.3 is 4.74 Å². The van der Waals surface area contributed by atoms with Crippen LogP contribution in [0.4, 0.5) is 10.5 Å². The first-order chi connectivity index (χ1) is 9.35. The summed E-state index contributed by atoms with van der Waals surface area (Å²) in [6.07, 6.45) is -0.428. The maximum absolute atomic E-state index is 11.8. The topological polar surface area (TPSA) is 38.3 Å². The molecule has 1 aromatic carbocycles. The lowest BCUT2D eigenvalue weighted by molar-refractivity contribution is 0.0636. The van der Waals surface area contributed by atoms with Gasteiger partial charge >= 0.3 is 6.09 Å². The van der Waals surface area contributed by atoms with Crippen LogP contribution in [0.3, 0.4) is 0 Å². The first-order valence-electron chi connectivity index (χ1n) is 6.17. The molecule has 0 unspecified atom stereocenters. The Morgan fingerprint density at radius 3 is 2.45 bits per heavy atom. The molecule has 0 radical (unpaired) electrons. The Labute approximate surface area is 136 Å². The highest BCUT2D eigenvalue weighted by Gasteiger charge is 2.17. The lowest BCUT2D eigenvalue weighted by Crippen LogP contribution is -2.27. The van der Waals surface area contributed by atoms with Gasteiger partial charge in [0.1, 0.15) is 5.60 Å². The Morgan fingerprint density at radius 2 is 1.85 bits per heavy atom. The van der Waals surface area contributed by atoms with Crippen molar-refractivity contribution in [1.82, 2.24) is 0 Å². The van der Waals surface area contributed by atoms with Crippen LogP contribution in [0, 0.1) is 3.57 Å². The molecule has 0 aliphatic heterocycles. The summed E-state index contributed by atoms with van der Waals surface area (Å²) in [5, 5.41) is 6.74. The predicted octanol–water partition coefficient (Wildman–Crippen LogP) is 5.37. The Bertz CT molecular complexity index is 599. The molecule has 1 amide bonds. The van der Waals surface area contributed by atoms with Gasteiger partial charge in [-0.2, -0.15) is 0 Å². The second-order valence-corrected chi connectivity index (χ2v) is 7.32. The van der Waals surface area contributed by atoms with Crippen LogP contribution in [-0.4, -0.2) is 11.7 Å². The van der Waals surface area contributed by atoms with E-state index in [0.29, 0.717) is 0 Å². The molecule has 1 heterocycles. The van der Waals surface area contributed by atoms with Crippen LogP contribution in [0.25, 0.3) is 11.1 Å². The van der Waals surface area contributed by atoms with Crippen molar-refractivity contribution in [2.75, 3.05) is 5.32 Å². The zero-order valence-corrected chi connectivity index (χ0v) is 14.5. The fourth-order valence-corrected chi connectivity index (χ4v) is 2.81. The average molecular weight is 401 g/mol. The number of rotatable bonds is 2. The second kappa shape index (κ2) is 6.13. The summed E-state index contributed by atoms with van der Waals surface area (Å²) >= 11 is 3.82. The molecule has 0 bridgehead atoms. The molecule has 0 saturated carbocycles. The van der Waals surface area contributed by atoms with Crippen molar-refractivity contribution in [2.24, 2.45) is 0 Å². The van der Waals surface area contributed by atoms with E-state index in [1.807, 2.05) is 55.8 Å². The van der Waals surface area contributed by atoms with Gasteiger partial charge in [-0.25, -0.2) is 4.79 Å². The highest BCUT2D eigenvalue weighted by atomic mass is 127. The standard InChI is InChI=1S/C15H16INO2S/c1-15(2,3)19-14(18)17-13-9-20-8-12(13)10-4-6-11(16)7-5-10/h4-9H,1-3H3,(H,17,18). The van der Waals surface area contributed by atoms with Crippen LogP contribution in [-0.2, 0) is 4.74 Å². The Kier molecular flexibility index (Phi) is 4.70. The van der Waals surface area contributed by atoms with Gasteiger partial charge in [-0.15, -0.1) is 11.3 Å². The van der Waals surface area contributed by atoms with Gasteiger partial charge in [0, 0.05) is 19.9 Å². The summed E-state index contributed by atoms with van der Waals surface area (Å²) in [6, 6.07) is 8.18. The van der Waals surface area contributed by atoms with Gasteiger partial charge in [-0.1, -0.05) is 12.1 Å². The van der Waals surface area contributed by atoms with Crippen LogP contribution in [0.2, 0.25) is 0 Å². The Hall–Kier alpha value is -1.08. The number of hydrogen-bond acceptors (Lipinski definition) is 3. The number of hydrogen-bond donors (Lipinski definition) is 1. The summed E-state index contributed by atoms with van der Waals surface area (Å²) in [6.45, 7) is 5.54. The molecule has 3 nitrogen and oxygen atoms in total. The molecule has 20 heavy (non-hydrogen) atoms. The van der Waals surface area contributed by atoms with Crippen molar-refractivity contribution in [3.8, 4) is 11.1 Å². The molecular weight excluding hydrogens is 385 g/mol. The molecule has 0 atom stereocenters. The van der Waals surface area contributed by atoms with E-state index in [9.17, 15) is 4.79 Å². The third kappa shape index (κ3) is 4.21. The predicted molar refractivity (Wildman–Crippen MR) is 92.3 cm³/mol.